The molecule has 28 heavy (non-hydrogen) atoms. The Hall–Kier alpha value is -2.05. The summed E-state index contributed by atoms with van der Waals surface area (Å²) in [6.45, 7) is 2.54. The molecule has 7 heteroatoms. The van der Waals surface area contributed by atoms with Gasteiger partial charge in [-0.25, -0.2) is 0 Å². The molecule has 3 rings (SSSR count). The molecule has 1 heterocycles. The maximum Gasteiger partial charge on any atom is 0.416 e. The summed E-state index contributed by atoms with van der Waals surface area (Å²) in [4.78, 5) is 14.7. The van der Waals surface area contributed by atoms with Crippen LogP contribution in [-0.4, -0.2) is 23.9 Å². The van der Waals surface area contributed by atoms with Gasteiger partial charge in [-0.05, 0) is 61.3 Å². The molecule has 0 spiro atoms. The van der Waals surface area contributed by atoms with Gasteiger partial charge in [0.25, 0.3) is 0 Å². The van der Waals surface area contributed by atoms with E-state index in [1.165, 1.54) is 11.6 Å². The van der Waals surface area contributed by atoms with Crippen molar-refractivity contribution in [3.05, 3.63) is 70.2 Å². The van der Waals surface area contributed by atoms with Gasteiger partial charge in [-0.1, -0.05) is 35.9 Å². The summed E-state index contributed by atoms with van der Waals surface area (Å²) in [6, 6.07) is 12.8. The molecular formula is C21H22ClF3N2O. The third-order valence-corrected chi connectivity index (χ3v) is 5.25. The van der Waals surface area contributed by atoms with Gasteiger partial charge in [0.1, 0.15) is 0 Å². The van der Waals surface area contributed by atoms with E-state index in [0.717, 1.165) is 44.6 Å². The van der Waals surface area contributed by atoms with Crippen LogP contribution in [0.1, 0.15) is 29.5 Å². The largest absolute Gasteiger partial charge is 0.416 e. The smallest absolute Gasteiger partial charge is 0.352 e. The third-order valence-electron chi connectivity index (χ3n) is 5.00. The highest BCUT2D eigenvalue weighted by Crippen LogP contribution is 2.29. The molecule has 0 aliphatic carbocycles. The molecule has 0 bridgehead atoms. The summed E-state index contributed by atoms with van der Waals surface area (Å²) in [5.74, 6) is -0.198. The van der Waals surface area contributed by atoms with E-state index in [4.69, 9.17) is 11.6 Å². The zero-order valence-corrected chi connectivity index (χ0v) is 16.1. The van der Waals surface area contributed by atoms with Crippen molar-refractivity contribution >= 4 is 17.5 Å². The van der Waals surface area contributed by atoms with Gasteiger partial charge in [-0.3, -0.25) is 9.69 Å². The van der Waals surface area contributed by atoms with Crippen molar-refractivity contribution in [3.8, 4) is 0 Å². The SMILES string of the molecule is O=C(NCc1cccc(C(F)(F)F)c1)C1CCN(Cc2ccc(Cl)cc2)CC1. The predicted octanol–water partition coefficient (Wildman–Crippen LogP) is 4.89. The second-order valence-corrected chi connectivity index (χ2v) is 7.53. The van der Waals surface area contributed by atoms with Crippen molar-refractivity contribution in [1.82, 2.24) is 10.2 Å². The first-order chi connectivity index (χ1) is 13.3. The average molecular weight is 411 g/mol. The molecule has 1 aliphatic rings. The number of hydrogen-bond donors (Lipinski definition) is 1. The number of alkyl halides is 3. The summed E-state index contributed by atoms with van der Waals surface area (Å²) in [6.07, 6.45) is -2.90. The Balaban J connectivity index is 1.46. The molecule has 150 valence electrons. The van der Waals surface area contributed by atoms with Crippen LogP contribution in [0.4, 0.5) is 13.2 Å². The van der Waals surface area contributed by atoms with E-state index in [0.29, 0.717) is 10.6 Å². The van der Waals surface area contributed by atoms with Crippen LogP contribution in [0.5, 0.6) is 0 Å². The van der Waals surface area contributed by atoms with Crippen molar-refractivity contribution in [1.29, 1.82) is 0 Å². The fourth-order valence-electron chi connectivity index (χ4n) is 3.39. The zero-order valence-electron chi connectivity index (χ0n) is 15.3. The van der Waals surface area contributed by atoms with E-state index in [-0.39, 0.29) is 18.4 Å². The minimum Gasteiger partial charge on any atom is -0.352 e. The lowest BCUT2D eigenvalue weighted by Gasteiger charge is -2.31. The van der Waals surface area contributed by atoms with E-state index in [1.54, 1.807) is 6.07 Å². The molecule has 3 nitrogen and oxygen atoms in total. The van der Waals surface area contributed by atoms with Crippen LogP contribution < -0.4 is 5.32 Å². The molecule has 2 aromatic carbocycles. The van der Waals surface area contributed by atoms with Gasteiger partial charge in [-0.2, -0.15) is 13.2 Å². The Morgan fingerprint density at radius 3 is 2.39 bits per heavy atom. The van der Waals surface area contributed by atoms with Gasteiger partial charge < -0.3 is 5.32 Å². The van der Waals surface area contributed by atoms with Crippen molar-refractivity contribution in [3.63, 3.8) is 0 Å². The molecule has 0 saturated carbocycles. The maximum absolute atomic E-state index is 12.8. The van der Waals surface area contributed by atoms with Crippen LogP contribution in [0, 0.1) is 5.92 Å². The van der Waals surface area contributed by atoms with Crippen molar-refractivity contribution in [2.75, 3.05) is 13.1 Å². The minimum absolute atomic E-state index is 0.0939. The first-order valence-corrected chi connectivity index (χ1v) is 9.60. The third kappa shape index (κ3) is 5.72. The minimum atomic E-state index is -4.38. The number of rotatable bonds is 5. The highest BCUT2D eigenvalue weighted by molar-refractivity contribution is 6.30. The lowest BCUT2D eigenvalue weighted by atomic mass is 9.95. The second kappa shape index (κ2) is 8.97. The normalized spacial score (nSPS) is 16.1. The number of carbonyl (C=O) groups is 1. The molecule has 0 unspecified atom stereocenters. The summed E-state index contributed by atoms with van der Waals surface area (Å²) in [5, 5.41) is 3.49. The van der Waals surface area contributed by atoms with E-state index in [9.17, 15) is 18.0 Å². The molecule has 1 saturated heterocycles. The van der Waals surface area contributed by atoms with E-state index < -0.39 is 11.7 Å². The van der Waals surface area contributed by atoms with Gasteiger partial charge in [-0.15, -0.1) is 0 Å². The average Bonchev–Trinajstić information content (AvgIpc) is 2.68. The van der Waals surface area contributed by atoms with Crippen LogP contribution >= 0.6 is 11.6 Å². The first-order valence-electron chi connectivity index (χ1n) is 9.22. The van der Waals surface area contributed by atoms with Crippen LogP contribution in [0.25, 0.3) is 0 Å². The molecular weight excluding hydrogens is 389 g/mol. The fraction of sp³-hybridized carbons (Fsp3) is 0.381. The second-order valence-electron chi connectivity index (χ2n) is 7.09. The Kier molecular flexibility index (Phi) is 6.62. The number of benzene rings is 2. The highest BCUT2D eigenvalue weighted by atomic mass is 35.5. The van der Waals surface area contributed by atoms with Gasteiger partial charge in [0, 0.05) is 24.0 Å². The number of nitrogens with zero attached hydrogens (tertiary/aromatic N) is 1. The number of hydrogen-bond acceptors (Lipinski definition) is 2. The monoisotopic (exact) mass is 410 g/mol. The number of piperidine rings is 1. The Morgan fingerprint density at radius 1 is 1.07 bits per heavy atom. The lowest BCUT2D eigenvalue weighted by molar-refractivity contribution is -0.137. The lowest BCUT2D eigenvalue weighted by Crippen LogP contribution is -2.40. The van der Waals surface area contributed by atoms with Gasteiger partial charge >= 0.3 is 6.18 Å². The number of amides is 1. The maximum atomic E-state index is 12.8. The van der Waals surface area contributed by atoms with E-state index >= 15 is 0 Å². The quantitative estimate of drug-likeness (QED) is 0.761. The topological polar surface area (TPSA) is 32.3 Å². The Bertz CT molecular complexity index is 800. The van der Waals surface area contributed by atoms with Gasteiger partial charge in [0.15, 0.2) is 0 Å². The van der Waals surface area contributed by atoms with Crippen molar-refractivity contribution in [2.24, 2.45) is 5.92 Å². The first kappa shape index (κ1) is 20.7. The zero-order chi connectivity index (χ0) is 20.1. The van der Waals surface area contributed by atoms with E-state index in [2.05, 4.69) is 10.2 Å². The number of nitrogens with one attached hydrogen (secondary N) is 1. The molecule has 0 atom stereocenters. The molecule has 2 aromatic rings. The summed E-state index contributed by atoms with van der Waals surface area (Å²) >= 11 is 5.90. The molecule has 0 aromatic heterocycles. The summed E-state index contributed by atoms with van der Waals surface area (Å²) in [7, 11) is 0. The van der Waals surface area contributed by atoms with E-state index in [1.807, 2.05) is 24.3 Å². The number of halogens is 4. The molecule has 1 fully saturated rings. The van der Waals surface area contributed by atoms with Crippen LogP contribution in [0.2, 0.25) is 5.02 Å². The summed E-state index contributed by atoms with van der Waals surface area (Å²) in [5.41, 5.74) is 0.926. The predicted molar refractivity (Wildman–Crippen MR) is 103 cm³/mol. The van der Waals surface area contributed by atoms with Crippen molar-refractivity contribution in [2.45, 2.75) is 32.1 Å². The molecule has 1 N–H and O–H groups in total. The highest BCUT2D eigenvalue weighted by Gasteiger charge is 2.30. The van der Waals surface area contributed by atoms with Gasteiger partial charge in [0.05, 0.1) is 5.56 Å². The number of likely N-dealkylation sites (tertiary alicyclic amines) is 1. The van der Waals surface area contributed by atoms with Crippen LogP contribution in [0.15, 0.2) is 48.5 Å². The standard InChI is InChI=1S/C21H22ClF3N2O/c22-19-6-4-15(5-7-19)14-27-10-8-17(9-11-27)20(28)26-13-16-2-1-3-18(12-16)21(23,24)25/h1-7,12,17H,8-11,13-14H2,(H,26,28). The molecule has 1 amide bonds. The molecule has 0 radical (unpaired) electrons. The van der Waals surface area contributed by atoms with Gasteiger partial charge in [0.2, 0.25) is 5.91 Å². The summed E-state index contributed by atoms with van der Waals surface area (Å²) < 4.78 is 38.3. The van der Waals surface area contributed by atoms with Crippen molar-refractivity contribution < 1.29 is 18.0 Å². The fourth-order valence-corrected chi connectivity index (χ4v) is 3.52. The molecule has 1 aliphatic heterocycles. The Labute approximate surface area is 167 Å². The number of carbonyl (C=O) groups excluding carboxylic acids is 1. The van der Waals surface area contributed by atoms with Crippen LogP contribution in [0.3, 0.4) is 0 Å². The van der Waals surface area contributed by atoms with Crippen LogP contribution in [-0.2, 0) is 24.1 Å². The Morgan fingerprint density at radius 2 is 1.75 bits per heavy atom.